The lowest BCUT2D eigenvalue weighted by Gasteiger charge is -2.02. The maximum atomic E-state index is 10.5. The Morgan fingerprint density at radius 2 is 2.31 bits per heavy atom. The third-order valence-corrected chi connectivity index (χ3v) is 3.64. The Balaban J connectivity index is 2.82. The lowest BCUT2D eigenvalue weighted by Crippen LogP contribution is -2.12. The smallest absolute Gasteiger partial charge is 0.266 e. The zero-order valence-electron chi connectivity index (χ0n) is 6.93. The number of thiazole rings is 1. The first kappa shape index (κ1) is 10.8. The average Bonchev–Trinajstić information content (AvgIpc) is 2.27. The Morgan fingerprint density at radius 1 is 1.69 bits per heavy atom. The van der Waals surface area contributed by atoms with Crippen LogP contribution in [0.1, 0.15) is 5.69 Å². The highest BCUT2D eigenvalue weighted by molar-refractivity contribution is 7.85. The van der Waals surface area contributed by atoms with E-state index in [4.69, 9.17) is 16.8 Å². The van der Waals surface area contributed by atoms with Gasteiger partial charge in [0, 0.05) is 17.6 Å². The van der Waals surface area contributed by atoms with Gasteiger partial charge in [-0.05, 0) is 19.1 Å². The highest BCUT2D eigenvalue weighted by Crippen LogP contribution is 2.09. The molecule has 0 aliphatic carbocycles. The summed E-state index contributed by atoms with van der Waals surface area (Å²) in [7, 11) is -3.90. The lowest BCUT2D eigenvalue weighted by molar-refractivity contribution is 0.478. The van der Waals surface area contributed by atoms with Crippen molar-refractivity contribution in [2.75, 3.05) is 5.75 Å². The predicted molar refractivity (Wildman–Crippen MR) is 54.3 cm³/mol. The number of hydrogen-bond acceptors (Lipinski definition) is 4. The van der Waals surface area contributed by atoms with Crippen LogP contribution < -0.4 is 0 Å². The van der Waals surface area contributed by atoms with Crippen LogP contribution in [0.15, 0.2) is 5.38 Å². The van der Waals surface area contributed by atoms with Crippen molar-refractivity contribution in [3.05, 3.63) is 15.0 Å². The molecule has 1 rings (SSSR count). The molecule has 1 heterocycles. The molecule has 0 radical (unpaired) electrons. The Labute approximate surface area is 85.6 Å². The fourth-order valence-corrected chi connectivity index (χ4v) is 2.44. The van der Waals surface area contributed by atoms with E-state index >= 15 is 0 Å². The van der Waals surface area contributed by atoms with Gasteiger partial charge in [0.05, 0.1) is 5.75 Å². The SMILES string of the molecule is Cc1csc(=S)n1CCS(=O)(=O)O. The minimum absolute atomic E-state index is 0.215. The molecule has 74 valence electrons. The molecule has 0 saturated heterocycles. The second-order valence-corrected chi connectivity index (χ2v) is 5.66. The molecule has 0 aliphatic rings. The lowest BCUT2D eigenvalue weighted by atomic mass is 10.5. The molecular formula is C6H9NO3S3. The Kier molecular flexibility index (Phi) is 3.23. The quantitative estimate of drug-likeness (QED) is 0.641. The van der Waals surface area contributed by atoms with E-state index in [1.807, 2.05) is 12.3 Å². The molecule has 0 unspecified atom stereocenters. The molecule has 0 aliphatic heterocycles. The number of aromatic nitrogens is 1. The van der Waals surface area contributed by atoms with Crippen LogP contribution in [0.5, 0.6) is 0 Å². The van der Waals surface area contributed by atoms with Crippen LogP contribution in [0.2, 0.25) is 0 Å². The Bertz CT molecular complexity index is 442. The number of hydrogen-bond donors (Lipinski definition) is 1. The van der Waals surface area contributed by atoms with Crippen molar-refractivity contribution in [1.29, 1.82) is 0 Å². The third kappa shape index (κ3) is 3.18. The van der Waals surface area contributed by atoms with Gasteiger partial charge in [0.25, 0.3) is 10.1 Å². The van der Waals surface area contributed by atoms with Crippen LogP contribution in [0.25, 0.3) is 0 Å². The van der Waals surface area contributed by atoms with E-state index in [1.54, 1.807) is 4.57 Å². The second kappa shape index (κ2) is 3.87. The normalized spacial score (nSPS) is 11.8. The van der Waals surface area contributed by atoms with Crippen LogP contribution in [0.4, 0.5) is 0 Å². The molecule has 0 amide bonds. The van der Waals surface area contributed by atoms with E-state index in [1.165, 1.54) is 11.3 Å². The predicted octanol–water partition coefficient (Wildman–Crippen LogP) is 1.48. The van der Waals surface area contributed by atoms with Gasteiger partial charge in [-0.1, -0.05) is 0 Å². The van der Waals surface area contributed by atoms with E-state index < -0.39 is 10.1 Å². The standard InChI is InChI=1S/C6H9NO3S3/c1-5-4-12-6(11)7(5)2-3-13(8,9)10/h4H,2-3H2,1H3,(H,8,9,10). The van der Waals surface area contributed by atoms with E-state index in [9.17, 15) is 8.42 Å². The molecule has 4 nitrogen and oxygen atoms in total. The van der Waals surface area contributed by atoms with Crippen LogP contribution in [0.3, 0.4) is 0 Å². The van der Waals surface area contributed by atoms with Gasteiger partial charge < -0.3 is 4.57 Å². The largest absolute Gasteiger partial charge is 0.326 e. The first-order valence-electron chi connectivity index (χ1n) is 3.50. The molecule has 1 N–H and O–H groups in total. The zero-order valence-corrected chi connectivity index (χ0v) is 9.38. The topological polar surface area (TPSA) is 59.3 Å². The van der Waals surface area contributed by atoms with Crippen LogP contribution in [-0.4, -0.2) is 23.3 Å². The minimum Gasteiger partial charge on any atom is -0.326 e. The van der Waals surface area contributed by atoms with Gasteiger partial charge in [-0.2, -0.15) is 8.42 Å². The number of rotatable bonds is 3. The number of aryl methyl sites for hydroxylation is 1. The summed E-state index contributed by atoms with van der Waals surface area (Å²) in [6.45, 7) is 2.06. The third-order valence-electron chi connectivity index (χ3n) is 1.55. The van der Waals surface area contributed by atoms with E-state index in [0.29, 0.717) is 3.95 Å². The fourth-order valence-electron chi connectivity index (χ4n) is 0.881. The summed E-state index contributed by atoms with van der Waals surface area (Å²) in [5.41, 5.74) is 0.915. The summed E-state index contributed by atoms with van der Waals surface area (Å²) in [6.07, 6.45) is 0. The molecule has 0 aromatic carbocycles. The van der Waals surface area contributed by atoms with Crippen molar-refractivity contribution in [1.82, 2.24) is 4.57 Å². The molecule has 7 heteroatoms. The molecule has 0 spiro atoms. The van der Waals surface area contributed by atoms with Crippen molar-refractivity contribution in [3.63, 3.8) is 0 Å². The second-order valence-electron chi connectivity index (χ2n) is 2.58. The molecule has 0 fully saturated rings. The van der Waals surface area contributed by atoms with Crippen LogP contribution >= 0.6 is 23.6 Å². The molecular weight excluding hydrogens is 230 g/mol. The van der Waals surface area contributed by atoms with Crippen LogP contribution in [-0.2, 0) is 16.7 Å². The molecule has 1 aromatic rings. The summed E-state index contributed by atoms with van der Waals surface area (Å²) >= 11 is 6.35. The first-order chi connectivity index (χ1) is 5.90. The molecule has 1 aromatic heterocycles. The maximum Gasteiger partial charge on any atom is 0.266 e. The van der Waals surface area contributed by atoms with Crippen LogP contribution in [0, 0.1) is 10.9 Å². The summed E-state index contributed by atoms with van der Waals surface area (Å²) in [5.74, 6) is -0.293. The van der Waals surface area contributed by atoms with Crippen molar-refractivity contribution in [2.45, 2.75) is 13.5 Å². The number of nitrogens with zero attached hydrogens (tertiary/aromatic N) is 1. The van der Waals surface area contributed by atoms with Gasteiger partial charge >= 0.3 is 0 Å². The molecule has 0 bridgehead atoms. The summed E-state index contributed by atoms with van der Waals surface area (Å²) in [6, 6.07) is 0. The van der Waals surface area contributed by atoms with Crippen molar-refractivity contribution in [2.24, 2.45) is 0 Å². The average molecular weight is 239 g/mol. The first-order valence-corrected chi connectivity index (χ1v) is 6.40. The van der Waals surface area contributed by atoms with E-state index in [0.717, 1.165) is 5.69 Å². The monoisotopic (exact) mass is 239 g/mol. The molecule has 0 saturated carbocycles. The van der Waals surface area contributed by atoms with Gasteiger partial charge in [0.1, 0.15) is 0 Å². The highest BCUT2D eigenvalue weighted by Gasteiger charge is 2.06. The van der Waals surface area contributed by atoms with Gasteiger partial charge in [0.2, 0.25) is 0 Å². The Hall–Kier alpha value is -0.240. The van der Waals surface area contributed by atoms with Gasteiger partial charge in [-0.25, -0.2) is 0 Å². The zero-order chi connectivity index (χ0) is 10.1. The van der Waals surface area contributed by atoms with E-state index in [-0.39, 0.29) is 12.3 Å². The Morgan fingerprint density at radius 3 is 2.69 bits per heavy atom. The summed E-state index contributed by atoms with van der Waals surface area (Å²) in [5, 5.41) is 1.85. The van der Waals surface area contributed by atoms with Crippen molar-refractivity contribution < 1.29 is 13.0 Å². The van der Waals surface area contributed by atoms with Crippen molar-refractivity contribution in [3.8, 4) is 0 Å². The molecule has 13 heavy (non-hydrogen) atoms. The van der Waals surface area contributed by atoms with Crippen molar-refractivity contribution >= 4 is 33.7 Å². The fraction of sp³-hybridized carbons (Fsp3) is 0.500. The summed E-state index contributed by atoms with van der Waals surface area (Å²) < 4.78 is 31.8. The summed E-state index contributed by atoms with van der Waals surface area (Å²) in [4.78, 5) is 0. The van der Waals surface area contributed by atoms with Gasteiger partial charge in [-0.15, -0.1) is 11.3 Å². The van der Waals surface area contributed by atoms with E-state index in [2.05, 4.69) is 0 Å². The minimum atomic E-state index is -3.90. The highest BCUT2D eigenvalue weighted by atomic mass is 32.2. The maximum absolute atomic E-state index is 10.5. The van der Waals surface area contributed by atoms with Gasteiger partial charge in [0.15, 0.2) is 3.95 Å². The molecule has 0 atom stereocenters. The van der Waals surface area contributed by atoms with Gasteiger partial charge in [-0.3, -0.25) is 4.55 Å².